The second-order valence-corrected chi connectivity index (χ2v) is 14.2. The number of likely N-dealkylation sites (N-methyl/N-ethyl adjacent to an activating group) is 1. The first kappa shape index (κ1) is 34.1. The SMILES string of the molecule is Cc1cnc2c(c1)c1c(n2CC(N)c2ccc(C#N)cc2)CCCC1.Cc1cnc2c(c1)c1c(n2CC(N)c2ccc(C#N)cc2)CCN(C)C1. The molecule has 9 heteroatoms. The molecule has 0 spiro atoms. The van der Waals surface area contributed by atoms with E-state index in [1.54, 1.807) is 0 Å². The fourth-order valence-corrected chi connectivity index (χ4v) is 7.76. The third kappa shape index (κ3) is 6.89. The van der Waals surface area contributed by atoms with Crippen LogP contribution < -0.4 is 11.5 Å². The lowest BCUT2D eigenvalue weighted by Crippen LogP contribution is -2.28. The van der Waals surface area contributed by atoms with E-state index in [1.165, 1.54) is 57.3 Å². The molecular weight excluding hydrogens is 631 g/mol. The maximum Gasteiger partial charge on any atom is 0.140 e. The summed E-state index contributed by atoms with van der Waals surface area (Å²) in [4.78, 5) is 11.8. The Labute approximate surface area is 299 Å². The Morgan fingerprint density at radius 1 is 0.686 bits per heavy atom. The molecule has 51 heavy (non-hydrogen) atoms. The maximum absolute atomic E-state index is 8.97. The Bertz CT molecular complexity index is 2280. The molecule has 8 rings (SSSR count). The fraction of sp³-hybridized carbons (Fsp3) is 0.333. The Morgan fingerprint density at radius 2 is 1.16 bits per heavy atom. The molecule has 9 nitrogen and oxygen atoms in total. The summed E-state index contributed by atoms with van der Waals surface area (Å²) in [7, 11) is 2.16. The lowest BCUT2D eigenvalue weighted by atomic mass is 9.95. The van der Waals surface area contributed by atoms with Gasteiger partial charge in [0.05, 0.1) is 23.3 Å². The van der Waals surface area contributed by atoms with Crippen LogP contribution in [0.5, 0.6) is 0 Å². The van der Waals surface area contributed by atoms with E-state index in [4.69, 9.17) is 32.0 Å². The number of nitrogens with zero attached hydrogens (tertiary/aromatic N) is 7. The molecule has 258 valence electrons. The summed E-state index contributed by atoms with van der Waals surface area (Å²) in [6, 6.07) is 23.7. The molecule has 2 unspecified atom stereocenters. The van der Waals surface area contributed by atoms with Crippen LogP contribution in [-0.2, 0) is 38.9 Å². The van der Waals surface area contributed by atoms with Crippen molar-refractivity contribution >= 4 is 22.1 Å². The summed E-state index contributed by atoms with van der Waals surface area (Å²) in [5, 5.41) is 20.5. The molecular formula is C42H45N9. The molecule has 0 amide bonds. The molecule has 5 heterocycles. The maximum atomic E-state index is 8.97. The van der Waals surface area contributed by atoms with Crippen LogP contribution >= 0.6 is 0 Å². The summed E-state index contributed by atoms with van der Waals surface area (Å²) in [5.74, 6) is 0. The Morgan fingerprint density at radius 3 is 1.67 bits per heavy atom. The van der Waals surface area contributed by atoms with E-state index in [1.807, 2.05) is 60.9 Å². The number of aromatic nitrogens is 4. The summed E-state index contributed by atoms with van der Waals surface area (Å²) in [6.45, 7) is 7.60. The monoisotopic (exact) mass is 675 g/mol. The zero-order valence-corrected chi connectivity index (χ0v) is 29.7. The van der Waals surface area contributed by atoms with Gasteiger partial charge < -0.3 is 25.5 Å². The van der Waals surface area contributed by atoms with Gasteiger partial charge in [0.25, 0.3) is 0 Å². The van der Waals surface area contributed by atoms with Crippen molar-refractivity contribution in [2.24, 2.45) is 11.5 Å². The predicted octanol–water partition coefficient (Wildman–Crippen LogP) is 6.70. The quantitative estimate of drug-likeness (QED) is 0.200. The highest BCUT2D eigenvalue weighted by molar-refractivity contribution is 5.84. The Kier molecular flexibility index (Phi) is 9.71. The topological polar surface area (TPSA) is 138 Å². The third-order valence-corrected chi connectivity index (χ3v) is 10.5. The highest BCUT2D eigenvalue weighted by atomic mass is 15.1. The van der Waals surface area contributed by atoms with Crippen LogP contribution in [0.15, 0.2) is 73.1 Å². The lowest BCUT2D eigenvalue weighted by Gasteiger charge is -2.25. The number of fused-ring (bicyclic) bond motifs is 6. The van der Waals surface area contributed by atoms with Gasteiger partial charge in [-0.05, 0) is 116 Å². The number of pyridine rings is 2. The summed E-state index contributed by atoms with van der Waals surface area (Å²) < 4.78 is 4.63. The van der Waals surface area contributed by atoms with Gasteiger partial charge in [-0.1, -0.05) is 24.3 Å². The number of benzene rings is 2. The summed E-state index contributed by atoms with van der Waals surface area (Å²) in [6.07, 6.45) is 9.61. The van der Waals surface area contributed by atoms with Gasteiger partial charge in [-0.2, -0.15) is 10.5 Å². The zero-order valence-electron chi connectivity index (χ0n) is 29.7. The standard InChI is InChI=1S/C21H23N5.C21H22N4/c1-14-9-17-18-12-25(2)8-7-20(18)26(21(17)24-11-14)13-19(23)16-5-3-15(10-22)4-6-16;1-14-10-18-17-4-2-3-5-20(17)25(21(18)24-12-14)13-19(23)16-8-6-15(11-22)7-9-16/h3-6,9,11,19H,7-8,12-13,23H2,1-2H3;6-10,12,19H,2-5,13,23H2,1H3. The molecule has 0 saturated heterocycles. The molecule has 0 bridgehead atoms. The van der Waals surface area contributed by atoms with Crippen LogP contribution in [0, 0.1) is 36.5 Å². The highest BCUT2D eigenvalue weighted by Gasteiger charge is 2.25. The predicted molar refractivity (Wildman–Crippen MR) is 202 cm³/mol. The van der Waals surface area contributed by atoms with Gasteiger partial charge in [0.15, 0.2) is 0 Å². The van der Waals surface area contributed by atoms with Crippen molar-refractivity contribution in [1.29, 1.82) is 10.5 Å². The largest absolute Gasteiger partial charge is 0.327 e. The first-order valence-electron chi connectivity index (χ1n) is 17.9. The van der Waals surface area contributed by atoms with Gasteiger partial charge in [-0.25, -0.2) is 9.97 Å². The van der Waals surface area contributed by atoms with Crippen LogP contribution in [0.4, 0.5) is 0 Å². The minimum absolute atomic E-state index is 0.113. The van der Waals surface area contributed by atoms with Crippen LogP contribution in [-0.4, -0.2) is 37.6 Å². The van der Waals surface area contributed by atoms with E-state index in [2.05, 4.69) is 59.2 Å². The Balaban J connectivity index is 0.000000159. The second-order valence-electron chi connectivity index (χ2n) is 14.2. The van der Waals surface area contributed by atoms with Crippen molar-refractivity contribution in [1.82, 2.24) is 24.0 Å². The number of nitrogens with two attached hydrogens (primary N) is 2. The molecule has 0 radical (unpaired) electrons. The normalized spacial score (nSPS) is 15.3. The Hall–Kier alpha value is -5.32. The van der Waals surface area contributed by atoms with Crippen LogP contribution in [0.2, 0.25) is 0 Å². The molecule has 6 aromatic rings. The molecule has 2 atom stereocenters. The van der Waals surface area contributed by atoms with Crippen molar-refractivity contribution in [3.8, 4) is 12.1 Å². The zero-order chi connectivity index (χ0) is 35.6. The van der Waals surface area contributed by atoms with E-state index < -0.39 is 0 Å². The average molecular weight is 676 g/mol. The molecule has 4 N–H and O–H groups in total. The number of rotatable bonds is 6. The van der Waals surface area contributed by atoms with Crippen LogP contribution in [0.1, 0.15) is 80.8 Å². The number of hydrogen-bond acceptors (Lipinski definition) is 7. The minimum atomic E-state index is -0.134. The number of nitriles is 2. The molecule has 4 aromatic heterocycles. The third-order valence-electron chi connectivity index (χ3n) is 10.5. The van der Waals surface area contributed by atoms with Gasteiger partial charge >= 0.3 is 0 Å². The van der Waals surface area contributed by atoms with Gasteiger partial charge in [0.2, 0.25) is 0 Å². The van der Waals surface area contributed by atoms with Crippen molar-refractivity contribution in [2.75, 3.05) is 13.6 Å². The first-order valence-corrected chi connectivity index (χ1v) is 17.9. The van der Waals surface area contributed by atoms with Gasteiger partial charge in [0.1, 0.15) is 11.3 Å². The van der Waals surface area contributed by atoms with Gasteiger partial charge in [-0.15, -0.1) is 0 Å². The molecule has 0 fully saturated rings. The summed E-state index contributed by atoms with van der Waals surface area (Å²) in [5.41, 5.74) is 26.5. The summed E-state index contributed by atoms with van der Waals surface area (Å²) >= 11 is 0. The smallest absolute Gasteiger partial charge is 0.140 e. The van der Waals surface area contributed by atoms with Crippen LogP contribution in [0.25, 0.3) is 22.1 Å². The molecule has 0 saturated carbocycles. The van der Waals surface area contributed by atoms with Gasteiger partial charge in [0, 0.05) is 79.2 Å². The van der Waals surface area contributed by atoms with Crippen molar-refractivity contribution < 1.29 is 0 Å². The second kappa shape index (κ2) is 14.5. The minimum Gasteiger partial charge on any atom is -0.327 e. The van der Waals surface area contributed by atoms with E-state index in [0.29, 0.717) is 24.2 Å². The van der Waals surface area contributed by atoms with Crippen LogP contribution in [0.3, 0.4) is 0 Å². The molecule has 1 aliphatic heterocycles. The van der Waals surface area contributed by atoms with E-state index >= 15 is 0 Å². The van der Waals surface area contributed by atoms with Crippen molar-refractivity contribution in [3.63, 3.8) is 0 Å². The molecule has 2 aliphatic rings. The fourth-order valence-electron chi connectivity index (χ4n) is 7.76. The lowest BCUT2D eigenvalue weighted by molar-refractivity contribution is 0.308. The number of aryl methyl sites for hydroxylation is 3. The van der Waals surface area contributed by atoms with E-state index in [0.717, 1.165) is 54.8 Å². The van der Waals surface area contributed by atoms with E-state index in [-0.39, 0.29) is 12.1 Å². The van der Waals surface area contributed by atoms with Gasteiger partial charge in [-0.3, -0.25) is 0 Å². The van der Waals surface area contributed by atoms with Crippen molar-refractivity contribution in [3.05, 3.63) is 129 Å². The number of hydrogen-bond donors (Lipinski definition) is 2. The van der Waals surface area contributed by atoms with E-state index in [9.17, 15) is 0 Å². The average Bonchev–Trinajstić information content (AvgIpc) is 3.62. The first-order chi connectivity index (χ1) is 24.7. The highest BCUT2D eigenvalue weighted by Crippen LogP contribution is 2.34. The molecule has 2 aromatic carbocycles. The molecule has 1 aliphatic carbocycles. The van der Waals surface area contributed by atoms with Crippen molar-refractivity contribution in [2.45, 2.75) is 77.7 Å².